The quantitative estimate of drug-likeness (QED) is 0.826. The lowest BCUT2D eigenvalue weighted by molar-refractivity contribution is 0.178. The molecule has 108 valence electrons. The van der Waals surface area contributed by atoms with Crippen LogP contribution in [0.15, 0.2) is 24.0 Å². The van der Waals surface area contributed by atoms with Crippen LogP contribution < -0.4 is 0 Å². The van der Waals surface area contributed by atoms with Crippen molar-refractivity contribution in [3.63, 3.8) is 0 Å². The summed E-state index contributed by atoms with van der Waals surface area (Å²) in [7, 11) is 0. The van der Waals surface area contributed by atoms with Crippen LogP contribution in [0.1, 0.15) is 34.1 Å². The van der Waals surface area contributed by atoms with Gasteiger partial charge in [0.2, 0.25) is 0 Å². The number of hydrogen-bond acceptors (Lipinski definition) is 3. The minimum atomic E-state index is -0.174. The van der Waals surface area contributed by atoms with Gasteiger partial charge in [0.15, 0.2) is 0 Å². The van der Waals surface area contributed by atoms with Gasteiger partial charge in [-0.3, -0.25) is 0 Å². The first-order valence-electron chi connectivity index (χ1n) is 7.48. The molecule has 2 atom stereocenters. The Hall–Kier alpha value is -0.960. The van der Waals surface area contributed by atoms with Crippen molar-refractivity contribution in [1.29, 1.82) is 0 Å². The molecule has 1 saturated heterocycles. The number of β-amino-alcohol motifs (C(OH)–C–C–N with tert-alkyl or cyclic N) is 1. The summed E-state index contributed by atoms with van der Waals surface area (Å²) in [4.78, 5) is 4.64. The molecule has 2 rings (SSSR count). The van der Waals surface area contributed by atoms with Crippen molar-refractivity contribution in [3.05, 3.63) is 24.0 Å². The summed E-state index contributed by atoms with van der Waals surface area (Å²) in [5, 5.41) is 9.69. The Morgan fingerprint density at radius 3 is 2.42 bits per heavy atom. The van der Waals surface area contributed by atoms with Crippen LogP contribution in [0.5, 0.6) is 0 Å². The Morgan fingerprint density at radius 2 is 2.00 bits per heavy atom. The standard InChI is InChI=1S/C16H28N2O/c1-11(2)16(14-8-18(9-14)12(3)4)13(5)17-7-6-15(19)10-17/h8,11-12,15-16,19H,5-7,9-10H2,1-4H3. The molecule has 0 aliphatic carbocycles. The predicted octanol–water partition coefficient (Wildman–Crippen LogP) is 2.45. The molecule has 0 saturated carbocycles. The normalized spacial score (nSPS) is 24.8. The molecule has 1 N–H and O–H groups in total. The van der Waals surface area contributed by atoms with Gasteiger partial charge in [-0.1, -0.05) is 20.4 Å². The number of nitrogens with zero attached hydrogens (tertiary/aromatic N) is 2. The fraction of sp³-hybridized carbons (Fsp3) is 0.750. The monoisotopic (exact) mass is 264 g/mol. The minimum absolute atomic E-state index is 0.174. The van der Waals surface area contributed by atoms with Gasteiger partial charge < -0.3 is 14.9 Å². The van der Waals surface area contributed by atoms with E-state index in [1.807, 2.05) is 0 Å². The molecule has 2 aliphatic rings. The maximum absolute atomic E-state index is 9.69. The molecule has 0 aromatic carbocycles. The highest BCUT2D eigenvalue weighted by Gasteiger charge is 2.33. The maximum atomic E-state index is 9.69. The summed E-state index contributed by atoms with van der Waals surface area (Å²) in [6.45, 7) is 16.1. The van der Waals surface area contributed by atoms with Crippen molar-refractivity contribution in [3.8, 4) is 0 Å². The number of aliphatic hydroxyl groups excluding tert-OH is 1. The summed E-state index contributed by atoms with van der Waals surface area (Å²) in [6.07, 6.45) is 3.00. The molecule has 0 bridgehead atoms. The van der Waals surface area contributed by atoms with Crippen LogP contribution in [-0.4, -0.2) is 46.7 Å². The van der Waals surface area contributed by atoms with E-state index in [0.29, 0.717) is 17.9 Å². The van der Waals surface area contributed by atoms with E-state index in [4.69, 9.17) is 0 Å². The Morgan fingerprint density at radius 1 is 1.37 bits per heavy atom. The largest absolute Gasteiger partial charge is 0.391 e. The smallest absolute Gasteiger partial charge is 0.0731 e. The van der Waals surface area contributed by atoms with Crippen LogP contribution in [0.4, 0.5) is 0 Å². The molecule has 2 unspecified atom stereocenters. The van der Waals surface area contributed by atoms with Gasteiger partial charge in [-0.05, 0) is 31.8 Å². The molecule has 1 fully saturated rings. The van der Waals surface area contributed by atoms with E-state index in [9.17, 15) is 5.11 Å². The Bertz CT molecular complexity index is 373. The summed E-state index contributed by atoms with van der Waals surface area (Å²) < 4.78 is 0. The number of aliphatic hydroxyl groups is 1. The molecule has 2 heterocycles. The summed E-state index contributed by atoms with van der Waals surface area (Å²) in [5.41, 5.74) is 2.69. The highest BCUT2D eigenvalue weighted by atomic mass is 16.3. The third kappa shape index (κ3) is 2.97. The second-order valence-electron chi connectivity index (χ2n) is 6.57. The maximum Gasteiger partial charge on any atom is 0.0731 e. The zero-order valence-electron chi connectivity index (χ0n) is 12.8. The van der Waals surface area contributed by atoms with Crippen LogP contribution in [-0.2, 0) is 0 Å². The van der Waals surface area contributed by atoms with Crippen LogP contribution in [0, 0.1) is 11.8 Å². The Balaban J connectivity index is 2.05. The lowest BCUT2D eigenvalue weighted by Crippen LogP contribution is -2.41. The van der Waals surface area contributed by atoms with E-state index in [1.54, 1.807) is 0 Å². The van der Waals surface area contributed by atoms with Crippen molar-refractivity contribution in [1.82, 2.24) is 9.80 Å². The molecular formula is C16H28N2O. The Labute approximate surface area is 117 Å². The van der Waals surface area contributed by atoms with Crippen molar-refractivity contribution in [2.45, 2.75) is 46.3 Å². The van der Waals surface area contributed by atoms with Gasteiger partial charge in [-0.25, -0.2) is 0 Å². The van der Waals surface area contributed by atoms with E-state index in [-0.39, 0.29) is 6.10 Å². The number of rotatable bonds is 5. The van der Waals surface area contributed by atoms with Gasteiger partial charge in [-0.2, -0.15) is 0 Å². The summed E-state index contributed by atoms with van der Waals surface area (Å²) in [6, 6.07) is 0.582. The van der Waals surface area contributed by atoms with Crippen molar-refractivity contribution >= 4 is 0 Å². The molecule has 0 amide bonds. The number of allylic oxidation sites excluding steroid dienone is 1. The lowest BCUT2D eigenvalue weighted by atomic mass is 9.82. The molecule has 0 spiro atoms. The van der Waals surface area contributed by atoms with Gasteiger partial charge in [0.25, 0.3) is 0 Å². The van der Waals surface area contributed by atoms with Gasteiger partial charge >= 0.3 is 0 Å². The third-order valence-electron chi connectivity index (χ3n) is 4.35. The second-order valence-corrected chi connectivity index (χ2v) is 6.57. The van der Waals surface area contributed by atoms with Crippen molar-refractivity contribution in [2.24, 2.45) is 11.8 Å². The second kappa shape index (κ2) is 5.58. The van der Waals surface area contributed by atoms with Crippen molar-refractivity contribution < 1.29 is 5.11 Å². The van der Waals surface area contributed by atoms with E-state index in [0.717, 1.165) is 26.1 Å². The van der Waals surface area contributed by atoms with Crippen molar-refractivity contribution in [2.75, 3.05) is 19.6 Å². The fourth-order valence-corrected chi connectivity index (χ4v) is 3.13. The van der Waals surface area contributed by atoms with Crippen LogP contribution in [0.25, 0.3) is 0 Å². The molecule has 0 radical (unpaired) electrons. The highest BCUT2D eigenvalue weighted by molar-refractivity contribution is 5.27. The Kier molecular flexibility index (Phi) is 4.24. The molecular weight excluding hydrogens is 236 g/mol. The molecule has 3 nitrogen and oxygen atoms in total. The zero-order valence-corrected chi connectivity index (χ0v) is 12.8. The molecule has 2 aliphatic heterocycles. The zero-order chi connectivity index (χ0) is 14.2. The predicted molar refractivity (Wildman–Crippen MR) is 79.6 cm³/mol. The van der Waals surface area contributed by atoms with Gasteiger partial charge in [-0.15, -0.1) is 0 Å². The van der Waals surface area contributed by atoms with Gasteiger partial charge in [0, 0.05) is 43.5 Å². The number of hydrogen-bond donors (Lipinski definition) is 1. The average molecular weight is 264 g/mol. The van der Waals surface area contributed by atoms with Crippen LogP contribution in [0.2, 0.25) is 0 Å². The first kappa shape index (κ1) is 14.4. The SMILES string of the molecule is C=C(C(C1=CN(C(C)C)C1)C(C)C)N1CCC(O)C1. The van der Waals surface area contributed by atoms with E-state index >= 15 is 0 Å². The summed E-state index contributed by atoms with van der Waals surface area (Å²) >= 11 is 0. The van der Waals surface area contributed by atoms with Gasteiger partial charge in [0.1, 0.15) is 0 Å². The molecule has 3 heteroatoms. The van der Waals surface area contributed by atoms with E-state index in [2.05, 4.69) is 50.3 Å². The topological polar surface area (TPSA) is 26.7 Å². The third-order valence-corrected chi connectivity index (χ3v) is 4.35. The van der Waals surface area contributed by atoms with Crippen LogP contribution in [0.3, 0.4) is 0 Å². The highest BCUT2D eigenvalue weighted by Crippen LogP contribution is 2.36. The molecule has 0 aromatic heterocycles. The fourth-order valence-electron chi connectivity index (χ4n) is 3.13. The average Bonchev–Trinajstić information content (AvgIpc) is 2.67. The number of likely N-dealkylation sites (tertiary alicyclic amines) is 1. The van der Waals surface area contributed by atoms with Gasteiger partial charge in [0.05, 0.1) is 6.10 Å². The minimum Gasteiger partial charge on any atom is -0.391 e. The summed E-state index contributed by atoms with van der Waals surface area (Å²) in [5.74, 6) is 0.992. The van der Waals surface area contributed by atoms with Crippen LogP contribution >= 0.6 is 0 Å². The first-order valence-corrected chi connectivity index (χ1v) is 7.48. The molecule has 0 aromatic rings. The van der Waals surface area contributed by atoms with E-state index < -0.39 is 0 Å². The first-order chi connectivity index (χ1) is 8.90. The molecule has 19 heavy (non-hydrogen) atoms. The lowest BCUT2D eigenvalue weighted by Gasteiger charge is -2.42. The van der Waals surface area contributed by atoms with E-state index in [1.165, 1.54) is 11.3 Å².